The molecule has 0 atom stereocenters. The van der Waals surface area contributed by atoms with Gasteiger partial charge in [0.15, 0.2) is 18.9 Å². The normalized spacial score (nSPS) is 14.9. The molecule has 0 fully saturated rings. The quantitative estimate of drug-likeness (QED) is 0.0290. The number of halogens is 3. The van der Waals surface area contributed by atoms with Gasteiger partial charge in [-0.1, -0.05) is 198 Å². The molecule has 0 unspecified atom stereocenters. The van der Waals surface area contributed by atoms with Gasteiger partial charge in [0.05, 0.1) is 72.0 Å². The van der Waals surface area contributed by atoms with Crippen LogP contribution in [0.15, 0.2) is 264 Å². The second kappa shape index (κ2) is 40.2. The maximum atomic E-state index is 11.5. The summed E-state index contributed by atoms with van der Waals surface area (Å²) in [4.78, 5) is 9.48. The minimum absolute atomic E-state index is 0.235. The van der Waals surface area contributed by atoms with Gasteiger partial charge in [-0.05, 0) is 175 Å². The lowest BCUT2D eigenvalue weighted by Crippen LogP contribution is -2.36. The third-order valence-electron chi connectivity index (χ3n) is 20.5. The molecule has 122 heavy (non-hydrogen) atoms. The average Bonchev–Trinajstić information content (AvgIpc) is 1.57. The van der Waals surface area contributed by atoms with E-state index in [1.165, 1.54) is 31.6 Å². The van der Waals surface area contributed by atoms with Crippen LogP contribution in [0.5, 0.6) is 0 Å². The Morgan fingerprint density at radius 2 is 0.861 bits per heavy atom. The molecule has 32 heteroatoms. The van der Waals surface area contributed by atoms with Gasteiger partial charge in [-0.25, -0.2) is 4.57 Å². The molecule has 13 aromatic rings. The summed E-state index contributed by atoms with van der Waals surface area (Å²) in [5.74, 6) is -0.500. The van der Waals surface area contributed by atoms with Crippen LogP contribution in [-0.4, -0.2) is 94.5 Å². The molecule has 4 aromatic heterocycles. The van der Waals surface area contributed by atoms with Crippen LogP contribution in [0.1, 0.15) is 88.5 Å². The van der Waals surface area contributed by atoms with Gasteiger partial charge < -0.3 is 19.1 Å². The Hall–Kier alpha value is -8.44. The van der Waals surface area contributed by atoms with Crippen molar-refractivity contribution in [3.05, 3.63) is 275 Å². The summed E-state index contributed by atoms with van der Waals surface area (Å²) < 4.78 is 145. The maximum absolute atomic E-state index is 11.5. The van der Waals surface area contributed by atoms with Gasteiger partial charge in [0, 0.05) is 91.5 Å². The monoisotopic (exact) mass is 1870 g/mol. The molecule has 4 N–H and O–H groups in total. The highest BCUT2D eigenvalue weighted by Gasteiger charge is 2.32. The molecule has 16 rings (SSSR count). The minimum atomic E-state index is -4.08. The van der Waals surface area contributed by atoms with Crippen molar-refractivity contribution in [1.29, 1.82) is 0 Å². The van der Waals surface area contributed by atoms with E-state index in [4.69, 9.17) is 39.2 Å². The number of anilines is 3. The average molecular weight is 1870 g/mol. The molecule has 20 nitrogen and oxygen atoms in total. The Bertz CT molecular complexity index is 6810. The second-order valence-electron chi connectivity index (χ2n) is 29.0. The molecular weight excluding hydrogens is 1780 g/mol. The number of benzene rings is 9. The Morgan fingerprint density at radius 3 is 1.39 bits per heavy atom. The Labute approximate surface area is 747 Å². The van der Waals surface area contributed by atoms with Crippen LogP contribution in [0.4, 0.5) is 17.1 Å². The summed E-state index contributed by atoms with van der Waals surface area (Å²) in [6, 6.07) is 60.7. The zero-order chi connectivity index (χ0) is 86.8. The highest BCUT2D eigenvalue weighted by molar-refractivity contribution is 8.04. The number of oxazole rings is 1. The zero-order valence-electron chi connectivity index (χ0n) is 67.7. The van der Waals surface area contributed by atoms with Crippen LogP contribution in [0, 0.1) is 0 Å². The molecular formula is C90H92Cl3N7O13S9+4. The summed E-state index contributed by atoms with van der Waals surface area (Å²) in [6.45, 7) is 11.2. The maximum Gasteiger partial charge on any atom is 0.374 e. The minimum Gasteiger partial charge on any atom is -0.398 e. The molecule has 0 aliphatic carbocycles. The number of nitrogens with zero attached hydrogens (tertiary/aromatic N) is 7. The third-order valence-corrected chi connectivity index (χ3v) is 30.0. The Morgan fingerprint density at radius 1 is 0.434 bits per heavy atom. The topological polar surface area (TPSA) is 256 Å². The van der Waals surface area contributed by atoms with Gasteiger partial charge in [-0.3, -0.25) is 18.2 Å². The Kier molecular flexibility index (Phi) is 30.1. The van der Waals surface area contributed by atoms with Crippen LogP contribution < -0.4 is 33.0 Å². The van der Waals surface area contributed by atoms with Crippen molar-refractivity contribution in [3.8, 4) is 0 Å². The molecule has 3 aliphatic rings. The number of allylic oxidation sites excluding steroid dienone is 6. The fourth-order valence-corrected chi connectivity index (χ4v) is 22.8. The fraction of sp³-hybridized carbons (Fsp3) is 0.244. The molecule has 0 radical (unpaired) electrons. The highest BCUT2D eigenvalue weighted by Crippen LogP contribution is 2.52. The lowest BCUT2D eigenvalue weighted by atomic mass is 10.1. The van der Waals surface area contributed by atoms with E-state index < -0.39 is 40.5 Å². The van der Waals surface area contributed by atoms with E-state index in [2.05, 4.69) is 167 Å². The smallest absolute Gasteiger partial charge is 0.374 e. The molecule has 7 heterocycles. The highest BCUT2D eigenvalue weighted by atomic mass is 35.5. The van der Waals surface area contributed by atoms with Crippen LogP contribution in [-0.2, 0) is 67.7 Å². The van der Waals surface area contributed by atoms with Gasteiger partial charge in [0.2, 0.25) is 16.6 Å². The number of aromatic nitrogens is 4. The SMILES string of the molecule is CCC(/C=C1\Sc2ccc(Cl)cc2N1CCCS(=O)(=O)O)=C\c1sc2ccc(Cl)cc2[n+]1CCCS(=O)(=O)O.CCC(=Cc1oc2ccc3ccccc3c2[n+]1C)C=C1Sc2ccc(Cl)cc2N1CCCS(=O)(=O)O.CCC(=Cc1sc2ccc3ccccc3c2[n+]1C)C=C1Sc2ccc3ccccc3c2N1CCCS(=O)(=O)O.CC[n+]1ccccc1. The van der Waals surface area contributed by atoms with Crippen LogP contribution in [0.3, 0.4) is 0 Å². The fourth-order valence-electron chi connectivity index (χ4n) is 14.6. The van der Waals surface area contributed by atoms with Crippen molar-refractivity contribution < 1.29 is 74.6 Å². The predicted octanol–water partition coefficient (Wildman–Crippen LogP) is 21.4. The van der Waals surface area contributed by atoms with E-state index >= 15 is 0 Å². The van der Waals surface area contributed by atoms with E-state index in [9.17, 15) is 51.9 Å². The Balaban J connectivity index is 0.000000150. The van der Waals surface area contributed by atoms with Crippen molar-refractivity contribution in [2.45, 2.75) is 100 Å². The lowest BCUT2D eigenvalue weighted by Gasteiger charge is -2.22. The molecule has 0 saturated heterocycles. The largest absolute Gasteiger partial charge is 0.398 e. The predicted molar refractivity (Wildman–Crippen MR) is 504 cm³/mol. The summed E-state index contributed by atoms with van der Waals surface area (Å²) >= 11 is 27.0. The first-order valence-electron chi connectivity index (χ1n) is 39.5. The van der Waals surface area contributed by atoms with Crippen LogP contribution in [0.25, 0.3) is 82.1 Å². The number of thiazole rings is 2. The van der Waals surface area contributed by atoms with Gasteiger partial charge in [0.1, 0.15) is 30.0 Å². The molecule has 0 spiro atoms. The third kappa shape index (κ3) is 23.2. The van der Waals surface area contributed by atoms with E-state index in [0.717, 1.165) is 131 Å². The number of pyridine rings is 1. The number of aryl methyl sites for hydroxylation is 4. The lowest BCUT2D eigenvalue weighted by molar-refractivity contribution is -0.693. The number of hydrogen-bond acceptors (Lipinski definition) is 17. The van der Waals surface area contributed by atoms with Gasteiger partial charge in [0.25, 0.3) is 56.0 Å². The summed E-state index contributed by atoms with van der Waals surface area (Å²) in [5.41, 5.74) is 10.2. The van der Waals surface area contributed by atoms with Crippen molar-refractivity contribution in [3.63, 3.8) is 0 Å². The molecule has 3 aliphatic heterocycles. The van der Waals surface area contributed by atoms with Crippen molar-refractivity contribution in [2.24, 2.45) is 14.1 Å². The molecule has 0 bridgehead atoms. The number of hydrogen-bond donors (Lipinski definition) is 4. The van der Waals surface area contributed by atoms with Crippen molar-refractivity contribution in [2.75, 3.05) is 57.3 Å². The molecule has 636 valence electrons. The number of thioether (sulfide) groups is 3. The van der Waals surface area contributed by atoms with E-state index in [1.807, 2.05) is 127 Å². The van der Waals surface area contributed by atoms with Crippen LogP contribution in [0.2, 0.25) is 15.1 Å². The molecule has 0 saturated carbocycles. The van der Waals surface area contributed by atoms with E-state index in [0.29, 0.717) is 60.5 Å². The van der Waals surface area contributed by atoms with Gasteiger partial charge in [-0.2, -0.15) is 47.4 Å². The first kappa shape index (κ1) is 91.3. The first-order chi connectivity index (χ1) is 58.3. The first-order valence-corrected chi connectivity index (χ1v) is 51.2. The molecule has 0 amide bonds. The number of fused-ring (bicyclic) bond motifs is 12. The zero-order valence-corrected chi connectivity index (χ0v) is 77.3. The van der Waals surface area contributed by atoms with E-state index in [1.54, 1.807) is 70.1 Å². The number of rotatable bonds is 26. The second-order valence-corrected chi connectivity index (χ2v) is 41.9. The van der Waals surface area contributed by atoms with Crippen molar-refractivity contribution >= 4 is 232 Å². The van der Waals surface area contributed by atoms with E-state index in [-0.39, 0.29) is 35.9 Å². The van der Waals surface area contributed by atoms with Crippen molar-refractivity contribution in [1.82, 2.24) is 0 Å². The summed E-state index contributed by atoms with van der Waals surface area (Å²) in [5, 5.41) is 13.8. The van der Waals surface area contributed by atoms with Gasteiger partial charge >= 0.3 is 5.89 Å². The van der Waals surface area contributed by atoms with Gasteiger partial charge in [-0.15, -0.1) is 0 Å². The van der Waals surface area contributed by atoms with Crippen LogP contribution >= 0.6 is 92.8 Å². The summed E-state index contributed by atoms with van der Waals surface area (Å²) in [7, 11) is -12.1. The standard InChI is InChI=1S/C31H28N2O3S3.C27H25ClN2O4S2.C25H26Cl2N2O6S4.C7H10N/c1-3-21(19-28-32(2)30-24-11-6-4-9-22(24)13-15-26(30)37-28)20-29-33(17-8-18-39(34,35)36)31-25-12-7-5-10-23(25)14-16-27(31)38-29;1-3-18(15-25-29(2)27-21-8-5-4-7-19(21)9-11-23(27)34-25)16-26-30(13-6-14-36(31,32)33)22-17-20(28)10-12-24(22)35-26;1-2-17(13-24-28(9-3-11-38(30,31)32)20-15-18(26)5-7-22(20)36-24)14-25-29(10-4-12-39(33,34)35)21-16-19(27)6-8-23(21)37-25;1-2-8-6-4-3-5-7-8/h4-7,9-16,19-20H,3,8,17-18H2,1-2H3;4-5,7-12,15-17H,3,6,13-14H2,1-2H3;5-8,13-16H,2-4,9-12H2,1H3,(H-,30,31,32,33,34,35);3-7H,2H2,1H3/q;;;+1/p+3. The molecule has 9 aromatic carbocycles. The summed E-state index contributed by atoms with van der Waals surface area (Å²) in [6.07, 6.45) is 20.3.